The van der Waals surface area contributed by atoms with Gasteiger partial charge >= 0.3 is 6.09 Å². The summed E-state index contributed by atoms with van der Waals surface area (Å²) < 4.78 is 11.0. The van der Waals surface area contributed by atoms with Crippen molar-refractivity contribution in [2.24, 2.45) is 5.92 Å². The molecule has 1 aromatic heterocycles. The van der Waals surface area contributed by atoms with Gasteiger partial charge in [-0.05, 0) is 48.9 Å². The van der Waals surface area contributed by atoms with E-state index in [2.05, 4.69) is 12.1 Å². The number of benzene rings is 2. The molecule has 194 valence electrons. The Labute approximate surface area is 222 Å². The molecule has 3 aromatic rings. The number of hydrogen-bond acceptors (Lipinski definition) is 5. The average Bonchev–Trinajstić information content (AvgIpc) is 3.76. The zero-order valence-corrected chi connectivity index (χ0v) is 21.9. The van der Waals surface area contributed by atoms with Gasteiger partial charge in [0.2, 0.25) is 0 Å². The number of nitrogens with zero attached hydrogens (tertiary/aromatic N) is 3. The number of fused-ring (bicyclic) bond motifs is 1. The van der Waals surface area contributed by atoms with Gasteiger partial charge in [0, 0.05) is 49.3 Å². The third-order valence-electron chi connectivity index (χ3n) is 6.83. The molecule has 1 saturated carbocycles. The molecule has 2 fully saturated rings. The maximum atomic E-state index is 13.2. The van der Waals surface area contributed by atoms with Gasteiger partial charge in [-0.1, -0.05) is 48.9 Å². The van der Waals surface area contributed by atoms with Crippen LogP contribution in [0.1, 0.15) is 42.1 Å². The molecule has 1 aliphatic heterocycles. The number of carbonyl (C=O) groups is 2. The maximum absolute atomic E-state index is 13.2. The van der Waals surface area contributed by atoms with Crippen LogP contribution in [0.3, 0.4) is 0 Å². The van der Waals surface area contributed by atoms with Crippen molar-refractivity contribution in [2.45, 2.75) is 32.8 Å². The number of aromatic nitrogens is 1. The number of rotatable bonds is 8. The number of piperazine rings is 1. The number of halogens is 1. The topological polar surface area (TPSA) is 72.0 Å². The lowest BCUT2D eigenvalue weighted by atomic mass is 10.1. The molecule has 0 N–H and O–H groups in total. The van der Waals surface area contributed by atoms with Gasteiger partial charge in [0.1, 0.15) is 0 Å². The highest BCUT2D eigenvalue weighted by atomic mass is 35.5. The van der Waals surface area contributed by atoms with Crippen molar-refractivity contribution in [2.75, 3.05) is 39.4 Å². The Balaban J connectivity index is 1.27. The highest BCUT2D eigenvalue weighted by molar-refractivity contribution is 6.35. The standard InChI is InChI=1S/C29H32ClN3O4/c1-2-15-37-29(35)33-13-11-32(12-14-33)28(34)23-9-10-24-25(30)17-26(31-27(24)16-23)22-7-5-21(6-8-22)19-36-18-20-3-4-20/h5-10,16-17,20H,2-4,11-15,18-19H2,1H3. The SMILES string of the molecule is CCCOC(=O)N1CCN(C(=O)c2ccc3c(Cl)cc(-c4ccc(COCC5CC5)cc4)nc3c2)CC1. The van der Waals surface area contributed by atoms with E-state index in [1.54, 1.807) is 21.9 Å². The van der Waals surface area contributed by atoms with Crippen molar-refractivity contribution in [3.63, 3.8) is 0 Å². The second kappa shape index (κ2) is 11.5. The molecule has 7 nitrogen and oxygen atoms in total. The molecule has 1 saturated heterocycles. The van der Waals surface area contributed by atoms with E-state index in [0.717, 1.165) is 41.2 Å². The van der Waals surface area contributed by atoms with Crippen LogP contribution in [0.5, 0.6) is 0 Å². The second-order valence-electron chi connectivity index (χ2n) is 9.77. The van der Waals surface area contributed by atoms with Gasteiger partial charge < -0.3 is 19.3 Å². The summed E-state index contributed by atoms with van der Waals surface area (Å²) in [6, 6.07) is 15.5. The average molecular weight is 522 g/mol. The first-order valence-electron chi connectivity index (χ1n) is 13.0. The Kier molecular flexibility index (Phi) is 7.91. The number of amides is 2. The first kappa shape index (κ1) is 25.5. The molecule has 2 amide bonds. The fourth-order valence-corrected chi connectivity index (χ4v) is 4.69. The summed E-state index contributed by atoms with van der Waals surface area (Å²) in [4.78, 5) is 33.6. The highest BCUT2D eigenvalue weighted by Crippen LogP contribution is 2.30. The van der Waals surface area contributed by atoms with Crippen molar-refractivity contribution in [1.29, 1.82) is 0 Å². The minimum absolute atomic E-state index is 0.0812. The zero-order valence-electron chi connectivity index (χ0n) is 21.1. The van der Waals surface area contributed by atoms with Crippen molar-refractivity contribution in [3.05, 3.63) is 64.7 Å². The monoisotopic (exact) mass is 521 g/mol. The summed E-state index contributed by atoms with van der Waals surface area (Å²) in [5, 5.41) is 1.39. The molecule has 0 unspecified atom stereocenters. The molecule has 2 aromatic carbocycles. The van der Waals surface area contributed by atoms with E-state index in [1.165, 1.54) is 12.8 Å². The van der Waals surface area contributed by atoms with E-state index in [4.69, 9.17) is 26.1 Å². The highest BCUT2D eigenvalue weighted by Gasteiger charge is 2.26. The maximum Gasteiger partial charge on any atom is 0.409 e. The molecule has 5 rings (SSSR count). The lowest BCUT2D eigenvalue weighted by Gasteiger charge is -2.34. The van der Waals surface area contributed by atoms with Crippen LogP contribution >= 0.6 is 11.6 Å². The quantitative estimate of drug-likeness (QED) is 0.375. The Morgan fingerprint density at radius 2 is 1.73 bits per heavy atom. The van der Waals surface area contributed by atoms with Crippen LogP contribution in [0.15, 0.2) is 48.5 Å². The van der Waals surface area contributed by atoms with Crippen molar-refractivity contribution < 1.29 is 19.1 Å². The molecule has 0 spiro atoms. The van der Waals surface area contributed by atoms with Gasteiger partial charge in [0.05, 0.1) is 29.4 Å². The third-order valence-corrected chi connectivity index (χ3v) is 7.14. The van der Waals surface area contributed by atoms with Crippen molar-refractivity contribution in [3.8, 4) is 11.3 Å². The normalized spacial score (nSPS) is 15.7. The number of carbonyl (C=O) groups excluding carboxylic acids is 2. The molecular weight excluding hydrogens is 490 g/mol. The van der Waals surface area contributed by atoms with E-state index >= 15 is 0 Å². The van der Waals surface area contributed by atoms with Crippen LogP contribution in [0, 0.1) is 5.92 Å². The predicted molar refractivity (Wildman–Crippen MR) is 144 cm³/mol. The van der Waals surface area contributed by atoms with E-state index < -0.39 is 0 Å². The van der Waals surface area contributed by atoms with E-state index in [9.17, 15) is 9.59 Å². The van der Waals surface area contributed by atoms with Crippen LogP contribution < -0.4 is 0 Å². The number of hydrogen-bond donors (Lipinski definition) is 0. The molecule has 37 heavy (non-hydrogen) atoms. The van der Waals surface area contributed by atoms with Crippen LogP contribution in [0.25, 0.3) is 22.2 Å². The van der Waals surface area contributed by atoms with Crippen LogP contribution in [0.4, 0.5) is 4.79 Å². The smallest absolute Gasteiger partial charge is 0.409 e. The van der Waals surface area contributed by atoms with E-state index in [-0.39, 0.29) is 12.0 Å². The molecule has 8 heteroatoms. The Bertz CT molecular complexity index is 1270. The summed E-state index contributed by atoms with van der Waals surface area (Å²) in [5.74, 6) is 0.668. The Morgan fingerprint density at radius 1 is 1.00 bits per heavy atom. The molecular formula is C29H32ClN3O4. The first-order valence-corrected chi connectivity index (χ1v) is 13.4. The lowest BCUT2D eigenvalue weighted by Crippen LogP contribution is -2.50. The summed E-state index contributed by atoms with van der Waals surface area (Å²) >= 11 is 6.61. The summed E-state index contributed by atoms with van der Waals surface area (Å²) in [6.07, 6.45) is 3.04. The predicted octanol–water partition coefficient (Wildman–Crippen LogP) is 5.79. The van der Waals surface area contributed by atoms with Gasteiger partial charge in [-0.15, -0.1) is 0 Å². The molecule has 0 bridgehead atoms. The van der Waals surface area contributed by atoms with Crippen molar-refractivity contribution in [1.82, 2.24) is 14.8 Å². The third kappa shape index (κ3) is 6.22. The first-order chi connectivity index (χ1) is 18.0. The van der Waals surface area contributed by atoms with E-state index in [0.29, 0.717) is 55.5 Å². The molecule has 0 atom stereocenters. The van der Waals surface area contributed by atoms with E-state index in [1.807, 2.05) is 31.2 Å². The van der Waals surface area contributed by atoms with Gasteiger partial charge in [-0.2, -0.15) is 0 Å². The minimum atomic E-state index is -0.315. The summed E-state index contributed by atoms with van der Waals surface area (Å²) in [5.41, 5.74) is 4.07. The van der Waals surface area contributed by atoms with Gasteiger partial charge in [-0.25, -0.2) is 9.78 Å². The molecule has 1 aliphatic carbocycles. The van der Waals surface area contributed by atoms with Gasteiger partial charge in [0.25, 0.3) is 5.91 Å². The molecule has 0 radical (unpaired) electrons. The fraction of sp³-hybridized carbons (Fsp3) is 0.414. The second-order valence-corrected chi connectivity index (χ2v) is 10.2. The van der Waals surface area contributed by atoms with Crippen LogP contribution in [-0.2, 0) is 16.1 Å². The molecule has 2 aliphatic rings. The Morgan fingerprint density at radius 3 is 2.43 bits per heavy atom. The number of ether oxygens (including phenoxy) is 2. The fourth-order valence-electron chi connectivity index (χ4n) is 4.42. The van der Waals surface area contributed by atoms with Gasteiger partial charge in [-0.3, -0.25) is 4.79 Å². The summed E-state index contributed by atoms with van der Waals surface area (Å²) in [7, 11) is 0. The largest absolute Gasteiger partial charge is 0.449 e. The lowest BCUT2D eigenvalue weighted by molar-refractivity contribution is 0.0560. The zero-order chi connectivity index (χ0) is 25.8. The summed E-state index contributed by atoms with van der Waals surface area (Å²) in [6.45, 7) is 5.66. The van der Waals surface area contributed by atoms with Crippen LogP contribution in [-0.4, -0.2) is 66.2 Å². The Hall–Kier alpha value is -3.16. The number of pyridine rings is 1. The van der Waals surface area contributed by atoms with Gasteiger partial charge in [0.15, 0.2) is 0 Å². The molecule has 2 heterocycles. The minimum Gasteiger partial charge on any atom is -0.449 e. The van der Waals surface area contributed by atoms with Crippen LogP contribution in [0.2, 0.25) is 5.02 Å². The van der Waals surface area contributed by atoms with Crippen molar-refractivity contribution >= 4 is 34.5 Å².